The van der Waals surface area contributed by atoms with Gasteiger partial charge in [0.05, 0.1) is 17.1 Å². The maximum atomic E-state index is 9.21. The lowest BCUT2D eigenvalue weighted by Crippen LogP contribution is -2.42. The lowest BCUT2D eigenvalue weighted by Gasteiger charge is -2.33. The number of pyridine rings is 2. The zero-order chi connectivity index (χ0) is 15.4. The molecule has 22 heavy (non-hydrogen) atoms. The number of hydrogen-bond donors (Lipinski definition) is 0. The second kappa shape index (κ2) is 6.63. The zero-order valence-electron chi connectivity index (χ0n) is 11.9. The highest BCUT2D eigenvalue weighted by Gasteiger charge is 2.24. The molecular formula is C16H15ClN4O. The first-order valence-electron chi connectivity index (χ1n) is 7.14. The summed E-state index contributed by atoms with van der Waals surface area (Å²) in [5.74, 6) is 1.29. The van der Waals surface area contributed by atoms with Gasteiger partial charge in [-0.1, -0.05) is 11.6 Å². The van der Waals surface area contributed by atoms with E-state index in [0.717, 1.165) is 25.2 Å². The molecule has 0 aliphatic carbocycles. The van der Waals surface area contributed by atoms with E-state index in [9.17, 15) is 5.26 Å². The molecule has 0 aromatic carbocycles. The fourth-order valence-corrected chi connectivity index (χ4v) is 2.68. The highest BCUT2D eigenvalue weighted by molar-refractivity contribution is 6.30. The minimum Gasteiger partial charge on any atom is -0.472 e. The van der Waals surface area contributed by atoms with Crippen molar-refractivity contribution >= 4 is 17.4 Å². The van der Waals surface area contributed by atoms with Gasteiger partial charge in [0.25, 0.3) is 0 Å². The summed E-state index contributed by atoms with van der Waals surface area (Å²) in [6.45, 7) is 1.57. The van der Waals surface area contributed by atoms with Crippen LogP contribution in [-0.2, 0) is 0 Å². The van der Waals surface area contributed by atoms with Crippen molar-refractivity contribution in [1.82, 2.24) is 9.97 Å². The van der Waals surface area contributed by atoms with Gasteiger partial charge in [0.2, 0.25) is 5.88 Å². The Hall–Kier alpha value is -2.32. The minimum atomic E-state index is 0.0241. The Labute approximate surface area is 134 Å². The van der Waals surface area contributed by atoms with Gasteiger partial charge in [-0.25, -0.2) is 9.97 Å². The van der Waals surface area contributed by atoms with Gasteiger partial charge in [-0.3, -0.25) is 0 Å². The molecule has 0 radical (unpaired) electrons. The van der Waals surface area contributed by atoms with Gasteiger partial charge in [-0.05, 0) is 31.0 Å². The number of rotatable bonds is 3. The van der Waals surface area contributed by atoms with Crippen LogP contribution in [0.4, 0.5) is 5.82 Å². The van der Waals surface area contributed by atoms with Gasteiger partial charge in [0.15, 0.2) is 0 Å². The number of aromatic nitrogens is 2. The smallest absolute Gasteiger partial charge is 0.213 e. The van der Waals surface area contributed by atoms with Crippen LogP contribution in [0.15, 0.2) is 36.7 Å². The molecule has 2 aromatic heterocycles. The Morgan fingerprint density at radius 2 is 2.23 bits per heavy atom. The molecule has 0 bridgehead atoms. The predicted molar refractivity (Wildman–Crippen MR) is 84.1 cm³/mol. The van der Waals surface area contributed by atoms with Crippen LogP contribution < -0.4 is 9.64 Å². The molecule has 0 spiro atoms. The van der Waals surface area contributed by atoms with Crippen molar-refractivity contribution in [3.63, 3.8) is 0 Å². The molecule has 2 aromatic rings. The lowest BCUT2D eigenvalue weighted by molar-refractivity contribution is 0.172. The third-order valence-electron chi connectivity index (χ3n) is 3.57. The molecule has 1 fully saturated rings. The number of nitriles is 1. The van der Waals surface area contributed by atoms with Crippen LogP contribution in [0, 0.1) is 11.3 Å². The van der Waals surface area contributed by atoms with E-state index in [1.54, 1.807) is 36.7 Å². The Morgan fingerprint density at radius 1 is 1.32 bits per heavy atom. The number of nitrogens with zero attached hydrogens (tertiary/aromatic N) is 4. The fraction of sp³-hybridized carbons (Fsp3) is 0.312. The van der Waals surface area contributed by atoms with Gasteiger partial charge in [0.1, 0.15) is 18.0 Å². The van der Waals surface area contributed by atoms with Crippen LogP contribution in [-0.4, -0.2) is 29.2 Å². The van der Waals surface area contributed by atoms with Gasteiger partial charge in [-0.15, -0.1) is 0 Å². The minimum absolute atomic E-state index is 0.0241. The Kier molecular flexibility index (Phi) is 4.40. The molecule has 1 atom stereocenters. The number of hydrogen-bond acceptors (Lipinski definition) is 5. The van der Waals surface area contributed by atoms with Gasteiger partial charge in [-0.2, -0.15) is 5.26 Å². The van der Waals surface area contributed by atoms with Crippen molar-refractivity contribution < 1.29 is 4.74 Å². The third kappa shape index (κ3) is 3.29. The summed E-state index contributed by atoms with van der Waals surface area (Å²) < 4.78 is 5.91. The number of piperidine rings is 1. The van der Waals surface area contributed by atoms with Crippen molar-refractivity contribution in [1.29, 1.82) is 5.26 Å². The van der Waals surface area contributed by atoms with Crippen LogP contribution in [0.25, 0.3) is 0 Å². The summed E-state index contributed by atoms with van der Waals surface area (Å²) in [4.78, 5) is 10.6. The van der Waals surface area contributed by atoms with Crippen LogP contribution in [0.1, 0.15) is 18.4 Å². The SMILES string of the molecule is N#Cc1cccnc1N1CCCC(Oc2ccc(Cl)cn2)C1. The summed E-state index contributed by atoms with van der Waals surface area (Å²) in [7, 11) is 0. The number of anilines is 1. The largest absolute Gasteiger partial charge is 0.472 e. The molecule has 3 rings (SSSR count). The molecule has 0 saturated carbocycles. The summed E-state index contributed by atoms with van der Waals surface area (Å²) in [5, 5.41) is 9.79. The first-order chi connectivity index (χ1) is 10.8. The molecule has 1 saturated heterocycles. The van der Waals surface area contributed by atoms with E-state index >= 15 is 0 Å². The Balaban J connectivity index is 1.71. The van der Waals surface area contributed by atoms with E-state index in [4.69, 9.17) is 16.3 Å². The van der Waals surface area contributed by atoms with E-state index in [-0.39, 0.29) is 6.10 Å². The molecule has 0 N–H and O–H groups in total. The second-order valence-corrected chi connectivity index (χ2v) is 5.57. The number of halogens is 1. The average Bonchev–Trinajstić information content (AvgIpc) is 2.57. The molecule has 112 valence electrons. The number of ether oxygens (including phenoxy) is 1. The normalized spacial score (nSPS) is 17.8. The van der Waals surface area contributed by atoms with Crippen molar-refractivity contribution in [2.45, 2.75) is 18.9 Å². The molecular weight excluding hydrogens is 300 g/mol. The summed E-state index contributed by atoms with van der Waals surface area (Å²) in [6.07, 6.45) is 5.25. The van der Waals surface area contributed by atoms with E-state index in [2.05, 4.69) is 20.9 Å². The molecule has 6 heteroatoms. The van der Waals surface area contributed by atoms with Crippen LogP contribution >= 0.6 is 11.6 Å². The standard InChI is InChI=1S/C16H15ClN4O/c17-13-5-6-15(20-10-13)22-14-4-2-8-21(11-14)16-12(9-18)3-1-7-19-16/h1,3,5-7,10,14H,2,4,8,11H2. The first-order valence-corrected chi connectivity index (χ1v) is 7.52. The van der Waals surface area contributed by atoms with E-state index in [1.165, 1.54) is 0 Å². The quantitative estimate of drug-likeness (QED) is 0.871. The monoisotopic (exact) mass is 314 g/mol. The Bertz CT molecular complexity index is 683. The third-order valence-corrected chi connectivity index (χ3v) is 3.80. The molecule has 1 aliphatic rings. The van der Waals surface area contributed by atoms with Crippen molar-refractivity contribution in [2.24, 2.45) is 0 Å². The van der Waals surface area contributed by atoms with Crippen LogP contribution in [0.5, 0.6) is 5.88 Å². The maximum absolute atomic E-state index is 9.21. The summed E-state index contributed by atoms with van der Waals surface area (Å²) >= 11 is 5.83. The average molecular weight is 315 g/mol. The fourth-order valence-electron chi connectivity index (χ4n) is 2.57. The second-order valence-electron chi connectivity index (χ2n) is 5.13. The Morgan fingerprint density at radius 3 is 3.00 bits per heavy atom. The molecule has 0 amide bonds. The highest BCUT2D eigenvalue weighted by Crippen LogP contribution is 2.23. The van der Waals surface area contributed by atoms with E-state index in [0.29, 0.717) is 23.0 Å². The van der Waals surface area contributed by atoms with Gasteiger partial charge >= 0.3 is 0 Å². The zero-order valence-corrected chi connectivity index (χ0v) is 12.7. The molecule has 3 heterocycles. The maximum Gasteiger partial charge on any atom is 0.213 e. The first kappa shape index (κ1) is 14.6. The van der Waals surface area contributed by atoms with Crippen LogP contribution in [0.3, 0.4) is 0 Å². The van der Waals surface area contributed by atoms with Gasteiger partial charge < -0.3 is 9.64 Å². The van der Waals surface area contributed by atoms with Crippen molar-refractivity contribution in [3.05, 3.63) is 47.2 Å². The lowest BCUT2D eigenvalue weighted by atomic mass is 10.1. The van der Waals surface area contributed by atoms with Crippen molar-refractivity contribution in [2.75, 3.05) is 18.0 Å². The van der Waals surface area contributed by atoms with E-state index in [1.807, 2.05) is 0 Å². The predicted octanol–water partition coefficient (Wildman–Crippen LogP) is 3.05. The molecule has 1 aliphatic heterocycles. The summed E-state index contributed by atoms with van der Waals surface area (Å²) in [6, 6.07) is 9.28. The topological polar surface area (TPSA) is 62.0 Å². The molecule has 5 nitrogen and oxygen atoms in total. The van der Waals surface area contributed by atoms with Crippen molar-refractivity contribution in [3.8, 4) is 11.9 Å². The summed E-state index contributed by atoms with van der Waals surface area (Å²) in [5.41, 5.74) is 0.591. The highest BCUT2D eigenvalue weighted by atomic mass is 35.5. The van der Waals surface area contributed by atoms with E-state index < -0.39 is 0 Å². The van der Waals surface area contributed by atoms with Gasteiger partial charge in [0, 0.05) is 25.0 Å². The van der Waals surface area contributed by atoms with Crippen LogP contribution in [0.2, 0.25) is 5.02 Å². The molecule has 1 unspecified atom stereocenters.